The lowest BCUT2D eigenvalue weighted by atomic mass is 10.1. The summed E-state index contributed by atoms with van der Waals surface area (Å²) in [7, 11) is 0. The molecule has 142 valence electrons. The van der Waals surface area contributed by atoms with Gasteiger partial charge in [0.05, 0.1) is 6.26 Å². The molecule has 0 spiro atoms. The third-order valence-corrected chi connectivity index (χ3v) is 5.47. The van der Waals surface area contributed by atoms with Crippen molar-refractivity contribution in [1.29, 1.82) is 5.26 Å². The minimum absolute atomic E-state index is 0.00255. The van der Waals surface area contributed by atoms with Gasteiger partial charge in [-0.15, -0.1) is 0 Å². The van der Waals surface area contributed by atoms with Gasteiger partial charge in [0.15, 0.2) is 5.76 Å². The van der Waals surface area contributed by atoms with Gasteiger partial charge in [0.1, 0.15) is 6.07 Å². The zero-order valence-corrected chi connectivity index (χ0v) is 15.4. The van der Waals surface area contributed by atoms with E-state index in [2.05, 4.69) is 23.3 Å². The second kappa shape index (κ2) is 7.35. The van der Waals surface area contributed by atoms with Crippen LogP contribution >= 0.6 is 0 Å². The highest BCUT2D eigenvalue weighted by Gasteiger charge is 2.30. The maximum atomic E-state index is 12.5. The summed E-state index contributed by atoms with van der Waals surface area (Å²) in [4.78, 5) is 20.5. The molecule has 4 rings (SSSR count). The largest absolute Gasteiger partial charge is 0.459 e. The summed E-state index contributed by atoms with van der Waals surface area (Å²) >= 11 is 0. The molecule has 8 nitrogen and oxygen atoms in total. The fourth-order valence-electron chi connectivity index (χ4n) is 3.83. The van der Waals surface area contributed by atoms with Gasteiger partial charge >= 0.3 is 6.03 Å². The Morgan fingerprint density at radius 3 is 2.78 bits per heavy atom. The molecule has 1 saturated heterocycles. The monoisotopic (exact) mass is 369 g/mol. The average molecular weight is 369 g/mol. The predicted octanol–water partition coefficient (Wildman–Crippen LogP) is 2.83. The Morgan fingerprint density at radius 2 is 2.15 bits per heavy atom. The molecule has 3 heterocycles. The molecule has 8 heteroatoms. The molecule has 27 heavy (non-hydrogen) atoms. The number of rotatable bonds is 3. The van der Waals surface area contributed by atoms with Gasteiger partial charge in [-0.3, -0.25) is 0 Å². The van der Waals surface area contributed by atoms with Crippen LogP contribution in [-0.2, 0) is 0 Å². The van der Waals surface area contributed by atoms with Crippen LogP contribution in [0.25, 0.3) is 11.7 Å². The van der Waals surface area contributed by atoms with Crippen molar-refractivity contribution in [2.45, 2.75) is 32.2 Å². The molecular weight excluding hydrogens is 346 g/mol. The number of carbonyl (C=O) groups excluding carboxylic acids is 1. The Balaban J connectivity index is 1.39. The van der Waals surface area contributed by atoms with Crippen molar-refractivity contribution >= 4 is 11.9 Å². The molecule has 0 bridgehead atoms. The first-order valence-electron chi connectivity index (χ1n) is 9.41. The zero-order valence-electron chi connectivity index (χ0n) is 15.4. The summed E-state index contributed by atoms with van der Waals surface area (Å²) < 4.78 is 11.1. The van der Waals surface area contributed by atoms with Crippen LogP contribution in [0.15, 0.2) is 27.2 Å². The lowest BCUT2D eigenvalue weighted by molar-refractivity contribution is 0.187. The van der Waals surface area contributed by atoms with E-state index in [1.807, 2.05) is 9.80 Å². The molecule has 1 aliphatic heterocycles. The van der Waals surface area contributed by atoms with E-state index in [1.165, 1.54) is 19.1 Å². The van der Waals surface area contributed by atoms with E-state index >= 15 is 0 Å². The van der Waals surface area contributed by atoms with Gasteiger partial charge in [-0.1, -0.05) is 13.3 Å². The zero-order chi connectivity index (χ0) is 18.8. The van der Waals surface area contributed by atoms with Gasteiger partial charge in [0, 0.05) is 32.2 Å². The van der Waals surface area contributed by atoms with Crippen molar-refractivity contribution in [2.75, 3.05) is 31.1 Å². The molecule has 2 fully saturated rings. The van der Waals surface area contributed by atoms with Crippen LogP contribution in [0, 0.1) is 17.2 Å². The third kappa shape index (κ3) is 3.50. The van der Waals surface area contributed by atoms with Crippen LogP contribution in [0.5, 0.6) is 0 Å². The Hall–Kier alpha value is -2.95. The molecule has 2 atom stereocenters. The molecule has 2 aromatic heterocycles. The highest BCUT2D eigenvalue weighted by atomic mass is 16.4. The van der Waals surface area contributed by atoms with E-state index in [4.69, 9.17) is 8.83 Å². The molecule has 0 aromatic carbocycles. The van der Waals surface area contributed by atoms with Crippen molar-refractivity contribution in [3.63, 3.8) is 0 Å². The molecule has 1 aliphatic carbocycles. The van der Waals surface area contributed by atoms with Crippen molar-refractivity contribution in [1.82, 2.24) is 15.2 Å². The molecule has 1 saturated carbocycles. The van der Waals surface area contributed by atoms with Crippen molar-refractivity contribution in [2.24, 2.45) is 5.92 Å². The summed E-state index contributed by atoms with van der Waals surface area (Å²) in [5, 5.41) is 12.5. The van der Waals surface area contributed by atoms with E-state index in [-0.39, 0.29) is 17.8 Å². The molecule has 1 N–H and O–H groups in total. The maximum absolute atomic E-state index is 12.5. The predicted molar refractivity (Wildman–Crippen MR) is 98.0 cm³/mol. The second-order valence-electron chi connectivity index (χ2n) is 7.20. The smallest absolute Gasteiger partial charge is 0.317 e. The van der Waals surface area contributed by atoms with Gasteiger partial charge in [0.2, 0.25) is 11.6 Å². The quantitative estimate of drug-likeness (QED) is 0.893. The number of nitriles is 1. The van der Waals surface area contributed by atoms with Crippen molar-refractivity contribution < 1.29 is 13.6 Å². The van der Waals surface area contributed by atoms with Gasteiger partial charge in [-0.2, -0.15) is 10.2 Å². The van der Waals surface area contributed by atoms with E-state index in [0.29, 0.717) is 49.6 Å². The molecule has 2 aromatic rings. The highest BCUT2D eigenvalue weighted by Crippen LogP contribution is 2.29. The average Bonchev–Trinajstić information content (AvgIpc) is 3.43. The number of piperazine rings is 1. The summed E-state index contributed by atoms with van der Waals surface area (Å²) in [6.07, 6.45) is 4.96. The van der Waals surface area contributed by atoms with Crippen molar-refractivity contribution in [3.05, 3.63) is 24.1 Å². The molecule has 2 amide bonds. The Morgan fingerprint density at radius 1 is 1.33 bits per heavy atom. The Kier molecular flexibility index (Phi) is 4.75. The number of oxazole rings is 1. The number of nitrogens with zero attached hydrogens (tertiary/aromatic N) is 4. The standard InChI is InChI=1S/C19H23N5O3/c1-13-4-2-5-14(13)22-19(25)24-9-7-23(8-10-24)18-15(12-20)21-17(27-18)16-6-3-11-26-16/h3,6,11,13-14H,2,4-5,7-10H2,1H3,(H,22,25)/t13-,14+/m0/s1. The second-order valence-corrected chi connectivity index (χ2v) is 7.20. The van der Waals surface area contributed by atoms with Crippen LogP contribution in [-0.4, -0.2) is 48.1 Å². The first-order chi connectivity index (χ1) is 13.2. The number of carbonyl (C=O) groups is 1. The highest BCUT2D eigenvalue weighted by molar-refractivity contribution is 5.75. The SMILES string of the molecule is C[C@H]1CCC[C@H]1NC(=O)N1CCN(c2oc(-c3ccco3)nc2C#N)CC1. The van der Waals surface area contributed by atoms with Crippen molar-refractivity contribution in [3.8, 4) is 17.7 Å². The number of hydrogen-bond acceptors (Lipinski definition) is 6. The molecule has 0 unspecified atom stereocenters. The van der Waals surface area contributed by atoms with Crippen LogP contribution < -0.4 is 10.2 Å². The number of amides is 2. The van der Waals surface area contributed by atoms with Crippen LogP contribution in [0.3, 0.4) is 0 Å². The fourth-order valence-corrected chi connectivity index (χ4v) is 3.83. The first kappa shape index (κ1) is 17.5. The van der Waals surface area contributed by atoms with E-state index in [0.717, 1.165) is 6.42 Å². The first-order valence-corrected chi connectivity index (χ1v) is 9.41. The lowest BCUT2D eigenvalue weighted by Crippen LogP contribution is -2.54. The van der Waals surface area contributed by atoms with Crippen LogP contribution in [0.1, 0.15) is 31.9 Å². The van der Waals surface area contributed by atoms with Gasteiger partial charge < -0.3 is 24.0 Å². The Bertz CT molecular complexity index is 830. The van der Waals surface area contributed by atoms with Gasteiger partial charge in [-0.25, -0.2) is 4.79 Å². The molecule has 0 radical (unpaired) electrons. The van der Waals surface area contributed by atoms with E-state index in [1.54, 1.807) is 12.1 Å². The number of nitrogens with one attached hydrogen (secondary N) is 1. The normalized spacial score (nSPS) is 22.7. The summed E-state index contributed by atoms with van der Waals surface area (Å²) in [5.41, 5.74) is 0.235. The van der Waals surface area contributed by atoms with Crippen LogP contribution in [0.4, 0.5) is 10.7 Å². The topological polar surface area (TPSA) is 98.5 Å². The van der Waals surface area contributed by atoms with Gasteiger partial charge in [0.25, 0.3) is 5.89 Å². The van der Waals surface area contributed by atoms with Crippen LogP contribution in [0.2, 0.25) is 0 Å². The summed E-state index contributed by atoms with van der Waals surface area (Å²) in [6, 6.07) is 5.85. The van der Waals surface area contributed by atoms with E-state index < -0.39 is 0 Å². The number of hydrogen-bond donors (Lipinski definition) is 1. The number of anilines is 1. The lowest BCUT2D eigenvalue weighted by Gasteiger charge is -2.35. The molecule has 2 aliphatic rings. The molecular formula is C19H23N5O3. The summed E-state index contributed by atoms with van der Waals surface area (Å²) in [6.45, 7) is 4.53. The maximum Gasteiger partial charge on any atom is 0.317 e. The Labute approximate surface area is 157 Å². The fraction of sp³-hybridized carbons (Fsp3) is 0.526. The number of furan rings is 1. The number of urea groups is 1. The van der Waals surface area contributed by atoms with Gasteiger partial charge in [-0.05, 0) is 30.9 Å². The third-order valence-electron chi connectivity index (χ3n) is 5.47. The minimum atomic E-state index is 0.00255. The summed E-state index contributed by atoms with van der Waals surface area (Å²) in [5.74, 6) is 1.76. The van der Waals surface area contributed by atoms with E-state index in [9.17, 15) is 10.1 Å². The number of aromatic nitrogens is 1. The minimum Gasteiger partial charge on any atom is -0.459 e.